The van der Waals surface area contributed by atoms with E-state index >= 15 is 0 Å². The Kier molecular flexibility index (Phi) is 3.36. The lowest BCUT2D eigenvalue weighted by molar-refractivity contribution is -0.141. The molecule has 0 amide bonds. The fourth-order valence-corrected chi connectivity index (χ4v) is 1.10. The van der Waals surface area contributed by atoms with Gasteiger partial charge in [0.1, 0.15) is 0 Å². The van der Waals surface area contributed by atoms with E-state index in [2.05, 4.69) is 5.32 Å². The first-order valence-corrected chi connectivity index (χ1v) is 3.99. The van der Waals surface area contributed by atoms with Gasteiger partial charge in [0.05, 0.1) is 12.5 Å². The Morgan fingerprint density at radius 3 is 2.73 bits per heavy atom. The van der Waals surface area contributed by atoms with E-state index in [1.807, 2.05) is 6.92 Å². The van der Waals surface area contributed by atoms with Crippen LogP contribution < -0.4 is 5.32 Å². The third-order valence-electron chi connectivity index (χ3n) is 1.71. The lowest BCUT2D eigenvalue weighted by atomic mass is 9.99. The van der Waals surface area contributed by atoms with Gasteiger partial charge in [0.25, 0.3) is 0 Å². The second-order valence-corrected chi connectivity index (χ2v) is 2.49. The molecule has 1 aliphatic rings. The molecule has 3 heteroatoms. The van der Waals surface area contributed by atoms with E-state index in [9.17, 15) is 4.79 Å². The van der Waals surface area contributed by atoms with Crippen molar-refractivity contribution in [1.82, 2.24) is 5.32 Å². The van der Waals surface area contributed by atoms with Gasteiger partial charge in [-0.1, -0.05) is 0 Å². The number of ether oxygens (including phenoxy) is 1. The molecule has 0 saturated carbocycles. The molecule has 1 rings (SSSR count). The van der Waals surface area contributed by atoms with Crippen LogP contribution in [0.5, 0.6) is 0 Å². The van der Waals surface area contributed by atoms with E-state index in [-0.39, 0.29) is 5.97 Å². The van der Waals surface area contributed by atoms with Crippen molar-refractivity contribution in [2.24, 2.45) is 0 Å². The van der Waals surface area contributed by atoms with Crippen molar-refractivity contribution in [2.75, 3.05) is 19.7 Å². The van der Waals surface area contributed by atoms with Crippen molar-refractivity contribution >= 4 is 5.97 Å². The highest BCUT2D eigenvalue weighted by atomic mass is 16.5. The van der Waals surface area contributed by atoms with Gasteiger partial charge in [-0.15, -0.1) is 0 Å². The molecule has 1 aliphatic heterocycles. The maximum Gasteiger partial charge on any atom is 0.313 e. The molecule has 3 nitrogen and oxygen atoms in total. The highest BCUT2D eigenvalue weighted by Crippen LogP contribution is 2.16. The van der Waals surface area contributed by atoms with E-state index in [0.717, 1.165) is 31.8 Å². The maximum atomic E-state index is 11.1. The molecule has 0 unspecified atom stereocenters. The molecular formula is C8H13NO2. The summed E-state index contributed by atoms with van der Waals surface area (Å²) in [6.07, 6.45) is 1.58. The molecule has 11 heavy (non-hydrogen) atoms. The number of rotatable bonds is 2. The average Bonchev–Trinajstić information content (AvgIpc) is 2.07. The molecule has 0 aliphatic carbocycles. The molecule has 1 fully saturated rings. The van der Waals surface area contributed by atoms with Crippen molar-refractivity contribution in [3.63, 3.8) is 0 Å². The van der Waals surface area contributed by atoms with Crippen LogP contribution in [0.1, 0.15) is 19.8 Å². The molecule has 0 aromatic rings. The van der Waals surface area contributed by atoms with Gasteiger partial charge in [-0.05, 0) is 19.8 Å². The summed E-state index contributed by atoms with van der Waals surface area (Å²) in [7, 11) is 0. The number of hydrogen-bond donors (Lipinski definition) is 0. The SMILES string of the molecule is CCOC(=O)[C]1CC[N]CC1. The monoisotopic (exact) mass is 155 g/mol. The Bertz CT molecular complexity index is 130. The maximum absolute atomic E-state index is 11.1. The summed E-state index contributed by atoms with van der Waals surface area (Å²) in [5, 5.41) is 4.14. The van der Waals surface area contributed by atoms with E-state index in [1.165, 1.54) is 0 Å². The number of carbonyl (C=O) groups is 1. The van der Waals surface area contributed by atoms with Crippen LogP contribution in [0.2, 0.25) is 0 Å². The Morgan fingerprint density at radius 1 is 1.55 bits per heavy atom. The van der Waals surface area contributed by atoms with Gasteiger partial charge in [-0.25, -0.2) is 5.32 Å². The summed E-state index contributed by atoms with van der Waals surface area (Å²) in [5.74, 6) is 0.782. The van der Waals surface area contributed by atoms with Gasteiger partial charge in [0.15, 0.2) is 0 Å². The summed E-state index contributed by atoms with van der Waals surface area (Å²) in [6, 6.07) is 0. The van der Waals surface area contributed by atoms with Crippen molar-refractivity contribution in [3.05, 3.63) is 5.92 Å². The van der Waals surface area contributed by atoms with Crippen LogP contribution in [0.3, 0.4) is 0 Å². The molecule has 0 spiro atoms. The van der Waals surface area contributed by atoms with Crippen molar-refractivity contribution in [1.29, 1.82) is 0 Å². The predicted octanol–water partition coefficient (Wildman–Crippen LogP) is 0.522. The summed E-state index contributed by atoms with van der Waals surface area (Å²) in [6.45, 7) is 3.87. The van der Waals surface area contributed by atoms with Crippen molar-refractivity contribution < 1.29 is 9.53 Å². The molecule has 62 valence electrons. The Labute approximate surface area is 67.1 Å². The Hall–Kier alpha value is -0.570. The second-order valence-electron chi connectivity index (χ2n) is 2.49. The lowest BCUT2D eigenvalue weighted by Crippen LogP contribution is -2.27. The molecule has 0 atom stereocenters. The van der Waals surface area contributed by atoms with Crippen LogP contribution in [-0.4, -0.2) is 25.7 Å². The van der Waals surface area contributed by atoms with Crippen LogP contribution in [0.15, 0.2) is 0 Å². The number of carbonyl (C=O) groups excluding carboxylic acids is 1. The number of esters is 1. The first-order chi connectivity index (χ1) is 5.34. The Morgan fingerprint density at radius 2 is 2.18 bits per heavy atom. The van der Waals surface area contributed by atoms with Crippen LogP contribution >= 0.6 is 0 Å². The fraction of sp³-hybridized carbons (Fsp3) is 0.750. The van der Waals surface area contributed by atoms with Crippen LogP contribution in [-0.2, 0) is 9.53 Å². The first kappa shape index (κ1) is 8.53. The summed E-state index contributed by atoms with van der Waals surface area (Å²) >= 11 is 0. The molecule has 0 bridgehead atoms. The minimum Gasteiger partial charge on any atom is -0.466 e. The van der Waals surface area contributed by atoms with Crippen molar-refractivity contribution in [3.8, 4) is 0 Å². The fourth-order valence-electron chi connectivity index (χ4n) is 1.10. The summed E-state index contributed by atoms with van der Waals surface area (Å²) in [4.78, 5) is 11.1. The zero-order valence-electron chi connectivity index (χ0n) is 6.80. The minimum absolute atomic E-state index is 0.123. The highest BCUT2D eigenvalue weighted by molar-refractivity contribution is 5.84. The second kappa shape index (κ2) is 4.34. The quantitative estimate of drug-likeness (QED) is 0.545. The molecule has 0 aromatic heterocycles. The molecular weight excluding hydrogens is 142 g/mol. The highest BCUT2D eigenvalue weighted by Gasteiger charge is 2.22. The normalized spacial score (nSPS) is 19.7. The topological polar surface area (TPSA) is 40.4 Å². The first-order valence-electron chi connectivity index (χ1n) is 3.99. The largest absolute Gasteiger partial charge is 0.466 e. The van der Waals surface area contributed by atoms with Gasteiger partial charge >= 0.3 is 5.97 Å². The summed E-state index contributed by atoms with van der Waals surface area (Å²) < 4.78 is 4.86. The van der Waals surface area contributed by atoms with Crippen LogP contribution in [0, 0.1) is 5.92 Å². The third-order valence-corrected chi connectivity index (χ3v) is 1.71. The van der Waals surface area contributed by atoms with E-state index in [0.29, 0.717) is 6.61 Å². The number of piperidine rings is 1. The van der Waals surface area contributed by atoms with Gasteiger partial charge < -0.3 is 4.74 Å². The molecule has 1 heterocycles. The van der Waals surface area contributed by atoms with E-state index < -0.39 is 0 Å². The smallest absolute Gasteiger partial charge is 0.313 e. The lowest BCUT2D eigenvalue weighted by Gasteiger charge is -2.18. The van der Waals surface area contributed by atoms with Crippen LogP contribution in [0.4, 0.5) is 0 Å². The van der Waals surface area contributed by atoms with Crippen LogP contribution in [0.25, 0.3) is 0 Å². The van der Waals surface area contributed by atoms with Gasteiger partial charge in [-0.3, -0.25) is 4.79 Å². The third kappa shape index (κ3) is 2.50. The van der Waals surface area contributed by atoms with Gasteiger partial charge in [-0.2, -0.15) is 0 Å². The summed E-state index contributed by atoms with van der Waals surface area (Å²) in [5.41, 5.74) is 0. The van der Waals surface area contributed by atoms with Gasteiger partial charge in [0, 0.05) is 13.1 Å². The van der Waals surface area contributed by atoms with Crippen molar-refractivity contribution in [2.45, 2.75) is 19.8 Å². The van der Waals surface area contributed by atoms with Gasteiger partial charge in [0.2, 0.25) is 0 Å². The zero-order valence-corrected chi connectivity index (χ0v) is 6.80. The molecule has 0 aromatic carbocycles. The standard InChI is InChI=1S/C8H13NO2/c1-2-11-8(10)7-3-5-9-6-4-7/h2-6H2,1H3. The molecule has 1 saturated heterocycles. The average molecular weight is 155 g/mol. The zero-order chi connectivity index (χ0) is 8.10. The molecule has 2 radical (unpaired) electrons. The Balaban J connectivity index is 2.27. The minimum atomic E-state index is -0.123. The van der Waals surface area contributed by atoms with E-state index in [4.69, 9.17) is 4.74 Å². The van der Waals surface area contributed by atoms with E-state index in [1.54, 1.807) is 0 Å². The molecule has 0 N–H and O–H groups in total. The predicted molar refractivity (Wildman–Crippen MR) is 41.0 cm³/mol. The number of hydrogen-bond acceptors (Lipinski definition) is 2. The number of nitrogens with zero attached hydrogens (tertiary/aromatic N) is 1.